The predicted molar refractivity (Wildman–Crippen MR) is 94.7 cm³/mol. The van der Waals surface area contributed by atoms with E-state index in [0.29, 0.717) is 0 Å². The molecule has 0 bridgehead atoms. The zero-order valence-corrected chi connectivity index (χ0v) is 15.1. The molecular formula is C17H12F4N6O3. The molecule has 1 heterocycles. The van der Waals surface area contributed by atoms with Crippen molar-refractivity contribution in [2.24, 2.45) is 0 Å². The fourth-order valence-corrected chi connectivity index (χ4v) is 2.42. The van der Waals surface area contributed by atoms with Crippen molar-refractivity contribution in [3.8, 4) is 11.4 Å². The van der Waals surface area contributed by atoms with Crippen molar-refractivity contribution < 1.29 is 27.3 Å². The minimum atomic E-state index is -4.54. The van der Waals surface area contributed by atoms with Gasteiger partial charge in [-0.2, -0.15) is 22.4 Å². The Balaban J connectivity index is 1.78. The SMILES string of the molecule is CC(C(=O)Nc1ccc(F)c([N+](=O)[O-])c1)n1nnc(-c2cccc(C(F)(F)F)c2)n1. The van der Waals surface area contributed by atoms with Crippen LogP contribution in [-0.4, -0.2) is 31.0 Å². The van der Waals surface area contributed by atoms with E-state index in [1.54, 1.807) is 0 Å². The van der Waals surface area contributed by atoms with Crippen LogP contribution in [0.1, 0.15) is 18.5 Å². The highest BCUT2D eigenvalue weighted by Crippen LogP contribution is 2.31. The Kier molecular flexibility index (Phi) is 5.45. The van der Waals surface area contributed by atoms with Crippen molar-refractivity contribution in [3.63, 3.8) is 0 Å². The Labute approximate surface area is 165 Å². The van der Waals surface area contributed by atoms with Crippen molar-refractivity contribution in [2.75, 3.05) is 5.32 Å². The Morgan fingerprint density at radius 3 is 2.63 bits per heavy atom. The van der Waals surface area contributed by atoms with E-state index in [-0.39, 0.29) is 17.1 Å². The quantitative estimate of drug-likeness (QED) is 0.380. The second-order valence-corrected chi connectivity index (χ2v) is 6.10. The van der Waals surface area contributed by atoms with Gasteiger partial charge in [0.15, 0.2) is 0 Å². The van der Waals surface area contributed by atoms with Gasteiger partial charge in [-0.15, -0.1) is 10.2 Å². The lowest BCUT2D eigenvalue weighted by atomic mass is 10.1. The number of carbonyl (C=O) groups is 1. The lowest BCUT2D eigenvalue weighted by molar-refractivity contribution is -0.387. The van der Waals surface area contributed by atoms with Crippen molar-refractivity contribution in [3.05, 3.63) is 64.0 Å². The third-order valence-corrected chi connectivity index (χ3v) is 4.01. The van der Waals surface area contributed by atoms with Crippen LogP contribution in [-0.2, 0) is 11.0 Å². The molecule has 1 aromatic heterocycles. The number of hydrogen-bond donors (Lipinski definition) is 1. The maximum absolute atomic E-state index is 13.4. The van der Waals surface area contributed by atoms with Crippen LogP contribution in [0.2, 0.25) is 0 Å². The van der Waals surface area contributed by atoms with Crippen LogP contribution in [0.5, 0.6) is 0 Å². The van der Waals surface area contributed by atoms with Crippen molar-refractivity contribution in [2.45, 2.75) is 19.1 Å². The fourth-order valence-electron chi connectivity index (χ4n) is 2.42. The van der Waals surface area contributed by atoms with E-state index in [9.17, 15) is 32.5 Å². The first-order valence-electron chi connectivity index (χ1n) is 8.28. The number of amides is 1. The van der Waals surface area contributed by atoms with Crippen LogP contribution in [0.25, 0.3) is 11.4 Å². The number of aromatic nitrogens is 4. The molecule has 3 rings (SSSR count). The molecule has 156 valence electrons. The van der Waals surface area contributed by atoms with Gasteiger partial charge in [-0.1, -0.05) is 12.1 Å². The first-order chi connectivity index (χ1) is 14.1. The molecule has 9 nitrogen and oxygen atoms in total. The number of rotatable bonds is 5. The highest BCUT2D eigenvalue weighted by molar-refractivity contribution is 5.93. The lowest BCUT2D eigenvalue weighted by Crippen LogP contribution is -2.25. The average molecular weight is 424 g/mol. The van der Waals surface area contributed by atoms with E-state index in [2.05, 4.69) is 20.7 Å². The Morgan fingerprint density at radius 2 is 1.97 bits per heavy atom. The number of anilines is 1. The van der Waals surface area contributed by atoms with Crippen LogP contribution in [0.4, 0.5) is 28.9 Å². The molecule has 1 N–H and O–H groups in total. The van der Waals surface area contributed by atoms with Crippen molar-refractivity contribution in [1.29, 1.82) is 0 Å². The number of halogens is 4. The van der Waals surface area contributed by atoms with Gasteiger partial charge in [0.25, 0.3) is 5.91 Å². The Morgan fingerprint density at radius 1 is 1.23 bits per heavy atom. The summed E-state index contributed by atoms with van der Waals surface area (Å²) in [4.78, 5) is 23.1. The number of hydrogen-bond acceptors (Lipinski definition) is 6. The van der Waals surface area contributed by atoms with E-state index in [0.717, 1.165) is 35.1 Å². The first kappa shape index (κ1) is 20.8. The zero-order valence-electron chi connectivity index (χ0n) is 15.1. The molecule has 2 aromatic carbocycles. The van der Waals surface area contributed by atoms with E-state index >= 15 is 0 Å². The van der Waals surface area contributed by atoms with E-state index < -0.39 is 40.1 Å². The lowest BCUT2D eigenvalue weighted by Gasteiger charge is -2.11. The molecule has 1 atom stereocenters. The molecule has 0 radical (unpaired) electrons. The average Bonchev–Trinajstić information content (AvgIpc) is 3.18. The summed E-state index contributed by atoms with van der Waals surface area (Å²) in [6.45, 7) is 1.38. The summed E-state index contributed by atoms with van der Waals surface area (Å²) in [7, 11) is 0. The van der Waals surface area contributed by atoms with Crippen LogP contribution in [0.3, 0.4) is 0 Å². The first-order valence-corrected chi connectivity index (χ1v) is 8.28. The van der Waals surface area contributed by atoms with Crippen LogP contribution in [0, 0.1) is 15.9 Å². The molecule has 1 amide bonds. The summed E-state index contributed by atoms with van der Waals surface area (Å²) in [5.74, 6) is -1.89. The molecule has 30 heavy (non-hydrogen) atoms. The van der Waals surface area contributed by atoms with Gasteiger partial charge in [-0.3, -0.25) is 14.9 Å². The summed E-state index contributed by atoms with van der Waals surface area (Å²) >= 11 is 0. The summed E-state index contributed by atoms with van der Waals surface area (Å²) in [6.07, 6.45) is -4.54. The number of nitrogens with one attached hydrogen (secondary N) is 1. The zero-order chi connectivity index (χ0) is 22.1. The molecule has 0 spiro atoms. The van der Waals surface area contributed by atoms with E-state index in [4.69, 9.17) is 0 Å². The number of carbonyl (C=O) groups excluding carboxylic acids is 1. The molecular weight excluding hydrogens is 412 g/mol. The third kappa shape index (κ3) is 4.39. The van der Waals surface area contributed by atoms with Gasteiger partial charge in [-0.25, -0.2) is 0 Å². The summed E-state index contributed by atoms with van der Waals surface area (Å²) in [5.41, 5.74) is -1.68. The Bertz CT molecular complexity index is 1110. The van der Waals surface area contributed by atoms with Gasteiger partial charge >= 0.3 is 11.9 Å². The molecule has 0 saturated heterocycles. The minimum Gasteiger partial charge on any atom is -0.324 e. The van der Waals surface area contributed by atoms with Gasteiger partial charge in [0.05, 0.1) is 10.5 Å². The van der Waals surface area contributed by atoms with Gasteiger partial charge in [0, 0.05) is 17.3 Å². The monoisotopic (exact) mass is 424 g/mol. The maximum atomic E-state index is 13.4. The molecule has 0 fully saturated rings. The number of nitro groups is 1. The molecule has 0 aliphatic heterocycles. The standard InChI is InChI=1S/C17H12F4N6O3/c1-9(16(28)22-12-5-6-13(18)14(8-12)27(29)30)26-24-15(23-25-26)10-3-2-4-11(7-10)17(19,20)21/h2-9H,1H3,(H,22,28). The van der Waals surface area contributed by atoms with E-state index in [1.807, 2.05) is 0 Å². The summed E-state index contributed by atoms with van der Waals surface area (Å²) in [6, 6.07) is 6.04. The molecule has 13 heteroatoms. The maximum Gasteiger partial charge on any atom is 0.416 e. The largest absolute Gasteiger partial charge is 0.416 e. The highest BCUT2D eigenvalue weighted by atomic mass is 19.4. The second kappa shape index (κ2) is 7.85. The highest BCUT2D eigenvalue weighted by Gasteiger charge is 2.31. The van der Waals surface area contributed by atoms with Gasteiger partial charge < -0.3 is 5.32 Å². The van der Waals surface area contributed by atoms with Crippen LogP contribution in [0.15, 0.2) is 42.5 Å². The van der Waals surface area contributed by atoms with Gasteiger partial charge in [0.1, 0.15) is 6.04 Å². The van der Waals surface area contributed by atoms with E-state index in [1.165, 1.54) is 19.1 Å². The summed E-state index contributed by atoms with van der Waals surface area (Å²) < 4.78 is 51.9. The molecule has 0 saturated carbocycles. The van der Waals surface area contributed by atoms with Crippen molar-refractivity contribution >= 4 is 17.3 Å². The summed E-state index contributed by atoms with van der Waals surface area (Å²) in [5, 5.41) is 24.4. The molecule has 1 unspecified atom stereocenters. The predicted octanol–water partition coefficient (Wildman–Crippen LogP) is 3.61. The van der Waals surface area contributed by atoms with Crippen LogP contribution < -0.4 is 5.32 Å². The van der Waals surface area contributed by atoms with Gasteiger partial charge in [0.2, 0.25) is 11.6 Å². The number of benzene rings is 2. The fraction of sp³-hybridized carbons (Fsp3) is 0.176. The number of tetrazole rings is 1. The second-order valence-electron chi connectivity index (χ2n) is 6.10. The topological polar surface area (TPSA) is 116 Å². The number of nitro benzene ring substituents is 1. The normalized spacial score (nSPS) is 12.4. The minimum absolute atomic E-state index is 0.0295. The Hall–Kier alpha value is -3.90. The van der Waals surface area contributed by atoms with Gasteiger partial charge in [-0.05, 0) is 36.4 Å². The molecule has 0 aliphatic rings. The smallest absolute Gasteiger partial charge is 0.324 e. The number of nitrogens with zero attached hydrogens (tertiary/aromatic N) is 5. The molecule has 3 aromatic rings. The molecule has 0 aliphatic carbocycles. The number of alkyl halides is 3. The van der Waals surface area contributed by atoms with Crippen molar-refractivity contribution in [1.82, 2.24) is 20.2 Å². The van der Waals surface area contributed by atoms with Crippen LogP contribution >= 0.6 is 0 Å². The third-order valence-electron chi connectivity index (χ3n) is 4.01.